The van der Waals surface area contributed by atoms with Gasteiger partial charge >= 0.3 is 5.97 Å². The largest absolute Gasteiger partial charge is 0.487 e. The van der Waals surface area contributed by atoms with Crippen LogP contribution in [0.15, 0.2) is 48.5 Å². The predicted molar refractivity (Wildman–Crippen MR) is 94.4 cm³/mol. The van der Waals surface area contributed by atoms with Gasteiger partial charge in [-0.05, 0) is 37.0 Å². The Kier molecular flexibility index (Phi) is 5.03. The molecule has 0 unspecified atom stereocenters. The first-order chi connectivity index (χ1) is 12.1. The number of benzene rings is 2. The lowest BCUT2D eigenvalue weighted by atomic mass is 9.73. The molecular formula is C20H21NO4. The van der Waals surface area contributed by atoms with Gasteiger partial charge in [-0.25, -0.2) is 0 Å². The van der Waals surface area contributed by atoms with Crippen LogP contribution in [0.4, 0.5) is 5.69 Å². The number of hydrogen-bond donors (Lipinski definition) is 2. The van der Waals surface area contributed by atoms with E-state index in [1.807, 2.05) is 49.4 Å². The first kappa shape index (κ1) is 17.0. The van der Waals surface area contributed by atoms with Crippen LogP contribution in [0.2, 0.25) is 0 Å². The zero-order valence-corrected chi connectivity index (χ0v) is 14.1. The van der Waals surface area contributed by atoms with Crippen molar-refractivity contribution >= 4 is 17.6 Å². The van der Waals surface area contributed by atoms with E-state index in [1.54, 1.807) is 6.07 Å². The van der Waals surface area contributed by atoms with Gasteiger partial charge in [0.25, 0.3) is 0 Å². The van der Waals surface area contributed by atoms with E-state index < -0.39 is 17.8 Å². The molecule has 1 amide bonds. The van der Waals surface area contributed by atoms with Gasteiger partial charge in [0.15, 0.2) is 0 Å². The van der Waals surface area contributed by atoms with Crippen LogP contribution in [0.3, 0.4) is 0 Å². The molecule has 25 heavy (non-hydrogen) atoms. The van der Waals surface area contributed by atoms with Crippen LogP contribution in [0.25, 0.3) is 0 Å². The van der Waals surface area contributed by atoms with Crippen LogP contribution < -0.4 is 10.1 Å². The summed E-state index contributed by atoms with van der Waals surface area (Å²) in [7, 11) is 0. The summed E-state index contributed by atoms with van der Waals surface area (Å²) < 4.78 is 5.88. The van der Waals surface area contributed by atoms with Gasteiger partial charge in [-0.15, -0.1) is 0 Å². The molecule has 2 aromatic rings. The van der Waals surface area contributed by atoms with Crippen molar-refractivity contribution in [2.24, 2.45) is 11.8 Å². The van der Waals surface area contributed by atoms with Crippen molar-refractivity contribution in [2.45, 2.75) is 26.4 Å². The molecule has 0 bridgehead atoms. The van der Waals surface area contributed by atoms with Gasteiger partial charge in [-0.1, -0.05) is 42.5 Å². The van der Waals surface area contributed by atoms with Crippen LogP contribution >= 0.6 is 0 Å². The molecule has 0 radical (unpaired) electrons. The Hall–Kier alpha value is -2.82. The molecule has 5 heteroatoms. The molecule has 5 nitrogen and oxygen atoms in total. The summed E-state index contributed by atoms with van der Waals surface area (Å²) in [5.41, 5.74) is 2.52. The minimum absolute atomic E-state index is 0.252. The Balaban J connectivity index is 1.72. The average molecular weight is 339 g/mol. The van der Waals surface area contributed by atoms with E-state index in [0.29, 0.717) is 30.9 Å². The number of carbonyl (C=O) groups excluding carboxylic acids is 1. The van der Waals surface area contributed by atoms with Gasteiger partial charge in [0.1, 0.15) is 12.4 Å². The maximum absolute atomic E-state index is 12.5. The van der Waals surface area contributed by atoms with Crippen molar-refractivity contribution in [3.8, 4) is 5.75 Å². The average Bonchev–Trinajstić information content (AvgIpc) is 2.55. The summed E-state index contributed by atoms with van der Waals surface area (Å²) >= 11 is 0. The van der Waals surface area contributed by atoms with Gasteiger partial charge in [0, 0.05) is 0 Å². The fraction of sp³-hybridized carbons (Fsp3) is 0.300. The molecule has 0 aliphatic heterocycles. The molecular weight excluding hydrogens is 318 g/mol. The van der Waals surface area contributed by atoms with Crippen LogP contribution in [-0.2, 0) is 16.2 Å². The first-order valence-corrected chi connectivity index (χ1v) is 8.36. The molecule has 2 atom stereocenters. The van der Waals surface area contributed by atoms with E-state index >= 15 is 0 Å². The molecule has 1 fully saturated rings. The Morgan fingerprint density at radius 1 is 1.08 bits per heavy atom. The van der Waals surface area contributed by atoms with E-state index in [4.69, 9.17) is 9.84 Å². The molecule has 3 rings (SSSR count). The lowest BCUT2D eigenvalue weighted by molar-refractivity contribution is -0.151. The highest BCUT2D eigenvalue weighted by Crippen LogP contribution is 2.37. The number of aryl methyl sites for hydroxylation is 1. The third-order valence-corrected chi connectivity index (χ3v) is 4.65. The third kappa shape index (κ3) is 3.82. The van der Waals surface area contributed by atoms with Crippen molar-refractivity contribution in [3.63, 3.8) is 0 Å². The molecule has 1 saturated carbocycles. The Morgan fingerprint density at radius 2 is 1.80 bits per heavy atom. The zero-order valence-electron chi connectivity index (χ0n) is 14.1. The standard InChI is InChI=1S/C20H21NO4/c1-13-6-5-9-17(25-12-14-7-3-2-4-8-14)18(13)21-19(22)15-10-11-16(15)20(23)24/h2-9,15-16H,10-12H2,1H3,(H,21,22)(H,23,24)/t15-,16+/m1/s1. The predicted octanol–water partition coefficient (Wildman–Crippen LogP) is 3.62. The molecule has 2 aromatic carbocycles. The molecule has 2 N–H and O–H groups in total. The molecule has 1 aliphatic carbocycles. The van der Waals surface area contributed by atoms with E-state index in [2.05, 4.69) is 5.32 Å². The Labute approximate surface area is 146 Å². The highest BCUT2D eigenvalue weighted by molar-refractivity contribution is 5.97. The van der Waals surface area contributed by atoms with Crippen molar-refractivity contribution in [1.82, 2.24) is 0 Å². The number of aliphatic carboxylic acids is 1. The molecule has 130 valence electrons. The van der Waals surface area contributed by atoms with Gasteiger partial charge in [-0.2, -0.15) is 0 Å². The first-order valence-electron chi connectivity index (χ1n) is 8.36. The number of carboxylic acid groups (broad SMARTS) is 1. The van der Waals surface area contributed by atoms with E-state index in [9.17, 15) is 9.59 Å². The lowest BCUT2D eigenvalue weighted by Crippen LogP contribution is -2.41. The number of carboxylic acids is 1. The summed E-state index contributed by atoms with van der Waals surface area (Å²) in [4.78, 5) is 23.6. The van der Waals surface area contributed by atoms with E-state index in [-0.39, 0.29) is 5.91 Å². The smallest absolute Gasteiger partial charge is 0.307 e. The van der Waals surface area contributed by atoms with E-state index in [1.165, 1.54) is 0 Å². The highest BCUT2D eigenvalue weighted by atomic mass is 16.5. The summed E-state index contributed by atoms with van der Waals surface area (Å²) in [6.45, 7) is 2.29. The normalized spacial score (nSPS) is 18.9. The summed E-state index contributed by atoms with van der Waals surface area (Å²) in [6, 6.07) is 15.3. The zero-order chi connectivity index (χ0) is 17.8. The van der Waals surface area contributed by atoms with Crippen LogP contribution in [0, 0.1) is 18.8 Å². The van der Waals surface area contributed by atoms with Crippen molar-refractivity contribution in [2.75, 3.05) is 5.32 Å². The highest BCUT2D eigenvalue weighted by Gasteiger charge is 2.41. The second-order valence-corrected chi connectivity index (χ2v) is 6.34. The minimum atomic E-state index is -0.906. The number of anilines is 1. The third-order valence-electron chi connectivity index (χ3n) is 4.65. The Bertz CT molecular complexity index is 773. The minimum Gasteiger partial charge on any atom is -0.487 e. The quantitative estimate of drug-likeness (QED) is 0.843. The van der Waals surface area contributed by atoms with Gasteiger partial charge in [-0.3, -0.25) is 9.59 Å². The van der Waals surface area contributed by atoms with Crippen LogP contribution in [0.5, 0.6) is 5.75 Å². The molecule has 0 saturated heterocycles. The number of ether oxygens (including phenoxy) is 1. The Morgan fingerprint density at radius 3 is 2.44 bits per heavy atom. The van der Waals surface area contributed by atoms with Gasteiger partial charge in [0.2, 0.25) is 5.91 Å². The number of hydrogen-bond acceptors (Lipinski definition) is 3. The number of rotatable bonds is 6. The summed E-state index contributed by atoms with van der Waals surface area (Å²) in [5.74, 6) is -1.63. The molecule has 1 aliphatic rings. The molecule has 0 spiro atoms. The number of nitrogens with one attached hydrogen (secondary N) is 1. The van der Waals surface area contributed by atoms with Crippen LogP contribution in [0.1, 0.15) is 24.0 Å². The lowest BCUT2D eigenvalue weighted by Gasteiger charge is -2.32. The maximum atomic E-state index is 12.5. The summed E-state index contributed by atoms with van der Waals surface area (Å²) in [6.07, 6.45) is 1.16. The van der Waals surface area contributed by atoms with Gasteiger partial charge in [0.05, 0.1) is 17.5 Å². The molecule has 0 heterocycles. The maximum Gasteiger partial charge on any atom is 0.307 e. The second-order valence-electron chi connectivity index (χ2n) is 6.34. The fourth-order valence-electron chi connectivity index (χ4n) is 2.98. The second kappa shape index (κ2) is 7.38. The van der Waals surface area contributed by atoms with Crippen molar-refractivity contribution < 1.29 is 19.4 Å². The van der Waals surface area contributed by atoms with Crippen molar-refractivity contribution in [1.29, 1.82) is 0 Å². The summed E-state index contributed by atoms with van der Waals surface area (Å²) in [5, 5.41) is 12.0. The van der Waals surface area contributed by atoms with E-state index in [0.717, 1.165) is 11.1 Å². The van der Waals surface area contributed by atoms with Crippen molar-refractivity contribution in [3.05, 3.63) is 59.7 Å². The van der Waals surface area contributed by atoms with Crippen LogP contribution in [-0.4, -0.2) is 17.0 Å². The number of para-hydroxylation sites is 1. The van der Waals surface area contributed by atoms with Gasteiger partial charge < -0.3 is 15.2 Å². The number of amides is 1. The topological polar surface area (TPSA) is 75.6 Å². The molecule has 0 aromatic heterocycles. The fourth-order valence-corrected chi connectivity index (χ4v) is 2.98. The number of carbonyl (C=O) groups is 2. The SMILES string of the molecule is Cc1cccc(OCc2ccccc2)c1NC(=O)[C@@H]1CC[C@@H]1C(=O)O. The monoisotopic (exact) mass is 339 g/mol.